The summed E-state index contributed by atoms with van der Waals surface area (Å²) in [7, 11) is 0. The molecule has 0 fully saturated rings. The first-order valence-electron chi connectivity index (χ1n) is 7.31. The number of carbonyl (C=O) groups excluding carboxylic acids is 2. The van der Waals surface area contributed by atoms with E-state index in [1.807, 2.05) is 30.3 Å². The van der Waals surface area contributed by atoms with Gasteiger partial charge < -0.3 is 0 Å². The second-order valence-electron chi connectivity index (χ2n) is 5.04. The van der Waals surface area contributed by atoms with Crippen molar-refractivity contribution in [3.8, 4) is 9.88 Å². The van der Waals surface area contributed by atoms with E-state index in [0.717, 1.165) is 20.1 Å². The molecule has 3 heterocycles. The number of nitrogens with one attached hydrogen (secondary N) is 2. The highest BCUT2D eigenvalue weighted by Gasteiger charge is 2.14. The first kappa shape index (κ1) is 15.9. The van der Waals surface area contributed by atoms with Gasteiger partial charge in [-0.1, -0.05) is 18.2 Å². The Morgan fingerprint density at radius 3 is 2.40 bits per heavy atom. The maximum absolute atomic E-state index is 12.2. The molecule has 2 amide bonds. The van der Waals surface area contributed by atoms with Crippen molar-refractivity contribution < 1.29 is 9.59 Å². The molecule has 0 aliphatic heterocycles. The van der Waals surface area contributed by atoms with Gasteiger partial charge in [0.05, 0.1) is 24.8 Å². The normalized spacial score (nSPS) is 10.7. The third-order valence-corrected chi connectivity index (χ3v) is 6.53. The van der Waals surface area contributed by atoms with Crippen LogP contribution in [0.5, 0.6) is 0 Å². The molecule has 0 aliphatic rings. The van der Waals surface area contributed by atoms with Crippen molar-refractivity contribution in [2.75, 3.05) is 0 Å². The zero-order valence-electron chi connectivity index (χ0n) is 12.7. The Bertz CT molecular complexity index is 1020. The summed E-state index contributed by atoms with van der Waals surface area (Å²) in [5.74, 6) is -0.673. The molecule has 0 unspecified atom stereocenters. The predicted octanol–water partition coefficient (Wildman–Crippen LogP) is 4.16. The van der Waals surface area contributed by atoms with Crippen molar-refractivity contribution >= 4 is 56.0 Å². The number of hydrogen-bond acceptors (Lipinski definition) is 6. The van der Waals surface area contributed by atoms with Crippen molar-refractivity contribution in [3.05, 3.63) is 63.7 Å². The van der Waals surface area contributed by atoms with Gasteiger partial charge in [0.15, 0.2) is 0 Å². The minimum absolute atomic E-state index is 0.327. The van der Waals surface area contributed by atoms with Crippen LogP contribution in [-0.2, 0) is 0 Å². The SMILES string of the molecule is O=C(NNC(=O)c1ccc(-c2nc3ccccc3s2)s1)c1cccs1. The van der Waals surface area contributed by atoms with Crippen molar-refractivity contribution in [2.45, 2.75) is 0 Å². The molecule has 4 rings (SSSR count). The quantitative estimate of drug-likeness (QED) is 0.520. The number of fused-ring (bicyclic) bond motifs is 1. The Labute approximate surface area is 154 Å². The minimum Gasteiger partial charge on any atom is -0.266 e. The zero-order valence-corrected chi connectivity index (χ0v) is 15.1. The first-order valence-corrected chi connectivity index (χ1v) is 9.82. The average Bonchev–Trinajstić information content (AvgIpc) is 3.38. The Morgan fingerprint density at radius 2 is 1.64 bits per heavy atom. The number of carbonyl (C=O) groups is 2. The Hall–Kier alpha value is -2.55. The number of amides is 2. The smallest absolute Gasteiger partial charge is 0.266 e. The number of benzene rings is 1. The van der Waals surface area contributed by atoms with E-state index in [1.165, 1.54) is 22.7 Å². The molecule has 4 aromatic rings. The first-order chi connectivity index (χ1) is 12.2. The molecule has 5 nitrogen and oxygen atoms in total. The van der Waals surface area contributed by atoms with Gasteiger partial charge in [0, 0.05) is 0 Å². The van der Waals surface area contributed by atoms with E-state index in [4.69, 9.17) is 0 Å². The number of thiophene rings is 2. The topological polar surface area (TPSA) is 71.1 Å². The molecule has 8 heteroatoms. The summed E-state index contributed by atoms with van der Waals surface area (Å²) in [5.41, 5.74) is 5.81. The van der Waals surface area contributed by atoms with Crippen molar-refractivity contribution in [1.29, 1.82) is 0 Å². The Balaban J connectivity index is 1.47. The molecular formula is C17H11N3O2S3. The van der Waals surface area contributed by atoms with Gasteiger partial charge in [-0.3, -0.25) is 20.4 Å². The monoisotopic (exact) mass is 385 g/mol. The number of thiazole rings is 1. The van der Waals surface area contributed by atoms with Gasteiger partial charge in [0.2, 0.25) is 0 Å². The summed E-state index contributed by atoms with van der Waals surface area (Å²) in [6, 6.07) is 15.0. The molecule has 0 saturated carbocycles. The van der Waals surface area contributed by atoms with E-state index in [9.17, 15) is 9.59 Å². The van der Waals surface area contributed by atoms with Crippen LogP contribution in [0.4, 0.5) is 0 Å². The molecule has 3 aromatic heterocycles. The van der Waals surface area contributed by atoms with Crippen LogP contribution >= 0.6 is 34.0 Å². The lowest BCUT2D eigenvalue weighted by Crippen LogP contribution is -2.41. The summed E-state index contributed by atoms with van der Waals surface area (Å²) in [6.07, 6.45) is 0. The summed E-state index contributed by atoms with van der Waals surface area (Å²) in [4.78, 5) is 30.6. The highest BCUT2D eigenvalue weighted by Crippen LogP contribution is 2.34. The highest BCUT2D eigenvalue weighted by atomic mass is 32.1. The average molecular weight is 385 g/mol. The third-order valence-electron chi connectivity index (χ3n) is 3.37. The predicted molar refractivity (Wildman–Crippen MR) is 102 cm³/mol. The summed E-state index contributed by atoms with van der Waals surface area (Å²) in [5, 5.41) is 2.69. The van der Waals surface area contributed by atoms with E-state index >= 15 is 0 Å². The van der Waals surface area contributed by atoms with E-state index in [2.05, 4.69) is 15.8 Å². The van der Waals surface area contributed by atoms with Gasteiger partial charge in [-0.2, -0.15) is 0 Å². The maximum Gasteiger partial charge on any atom is 0.279 e. The van der Waals surface area contributed by atoms with Crippen molar-refractivity contribution in [1.82, 2.24) is 15.8 Å². The molecule has 0 spiro atoms. The van der Waals surface area contributed by atoms with Gasteiger partial charge in [0.25, 0.3) is 11.8 Å². The second-order valence-corrected chi connectivity index (χ2v) is 8.10. The van der Waals surface area contributed by atoms with Gasteiger partial charge in [-0.15, -0.1) is 34.0 Å². The fourth-order valence-corrected chi connectivity index (χ4v) is 4.74. The Morgan fingerprint density at radius 1 is 0.840 bits per heavy atom. The fourth-order valence-electron chi connectivity index (χ4n) is 2.20. The number of para-hydroxylation sites is 1. The second kappa shape index (κ2) is 6.75. The highest BCUT2D eigenvalue weighted by molar-refractivity contribution is 7.26. The lowest BCUT2D eigenvalue weighted by molar-refractivity contribution is 0.0851. The van der Waals surface area contributed by atoms with Gasteiger partial charge in [-0.25, -0.2) is 4.98 Å². The van der Waals surface area contributed by atoms with Crippen LogP contribution in [0.25, 0.3) is 20.1 Å². The van der Waals surface area contributed by atoms with Crippen molar-refractivity contribution in [2.24, 2.45) is 0 Å². The van der Waals surface area contributed by atoms with Crippen LogP contribution in [0.2, 0.25) is 0 Å². The molecule has 0 radical (unpaired) electrons. The number of aromatic nitrogens is 1. The number of hydrazine groups is 1. The molecule has 0 aliphatic carbocycles. The van der Waals surface area contributed by atoms with Crippen molar-refractivity contribution in [3.63, 3.8) is 0 Å². The van der Waals surface area contributed by atoms with Crippen LogP contribution in [0.1, 0.15) is 19.3 Å². The van der Waals surface area contributed by atoms with Gasteiger partial charge in [-0.05, 0) is 35.7 Å². The van der Waals surface area contributed by atoms with E-state index in [-0.39, 0.29) is 11.8 Å². The Kier molecular flexibility index (Phi) is 4.31. The number of hydrogen-bond donors (Lipinski definition) is 2. The van der Waals surface area contributed by atoms with E-state index in [0.29, 0.717) is 9.75 Å². The molecule has 0 bridgehead atoms. The van der Waals surface area contributed by atoms with Crippen LogP contribution in [0.3, 0.4) is 0 Å². The van der Waals surface area contributed by atoms with Crippen LogP contribution < -0.4 is 10.9 Å². The molecule has 124 valence electrons. The molecule has 0 atom stereocenters. The molecule has 1 aromatic carbocycles. The molecular weight excluding hydrogens is 374 g/mol. The van der Waals surface area contributed by atoms with Crippen LogP contribution in [-0.4, -0.2) is 16.8 Å². The zero-order chi connectivity index (χ0) is 17.2. The number of nitrogens with zero attached hydrogens (tertiary/aromatic N) is 1. The summed E-state index contributed by atoms with van der Waals surface area (Å²) in [6.45, 7) is 0. The summed E-state index contributed by atoms with van der Waals surface area (Å²) >= 11 is 4.25. The van der Waals surface area contributed by atoms with Crippen LogP contribution in [0.15, 0.2) is 53.9 Å². The maximum atomic E-state index is 12.2. The molecule has 0 saturated heterocycles. The van der Waals surface area contributed by atoms with Gasteiger partial charge in [0.1, 0.15) is 5.01 Å². The lowest BCUT2D eigenvalue weighted by atomic mass is 10.3. The van der Waals surface area contributed by atoms with Gasteiger partial charge >= 0.3 is 0 Å². The minimum atomic E-state index is -0.345. The fraction of sp³-hybridized carbons (Fsp3) is 0. The number of rotatable bonds is 3. The standard InChI is InChI=1S/C17H11N3O2S3/c21-15(12-6-3-9-23-12)19-20-16(22)13-7-8-14(24-13)17-18-10-4-1-2-5-11(10)25-17/h1-9H,(H,19,21)(H,20,22). The lowest BCUT2D eigenvalue weighted by Gasteiger charge is -2.04. The molecule has 25 heavy (non-hydrogen) atoms. The van der Waals surface area contributed by atoms with E-state index in [1.54, 1.807) is 34.9 Å². The molecule has 2 N–H and O–H groups in total. The van der Waals surface area contributed by atoms with E-state index < -0.39 is 0 Å². The van der Waals surface area contributed by atoms with Crippen LogP contribution in [0, 0.1) is 0 Å². The summed E-state index contributed by atoms with van der Waals surface area (Å²) < 4.78 is 1.11. The third kappa shape index (κ3) is 3.32. The largest absolute Gasteiger partial charge is 0.279 e.